The Morgan fingerprint density at radius 3 is 2.44 bits per heavy atom. The Bertz CT molecular complexity index is 586. The molecule has 1 aromatic heterocycles. The molecule has 1 amide bonds. The lowest BCUT2D eigenvalue weighted by atomic mass is 10.1. The van der Waals surface area contributed by atoms with E-state index in [1.165, 1.54) is 0 Å². The summed E-state index contributed by atoms with van der Waals surface area (Å²) in [5, 5.41) is 10.5. The van der Waals surface area contributed by atoms with Gasteiger partial charge in [0.1, 0.15) is 0 Å². The van der Waals surface area contributed by atoms with Crippen molar-refractivity contribution in [2.24, 2.45) is 12.0 Å². The summed E-state index contributed by atoms with van der Waals surface area (Å²) in [7, 11) is 9.54. The maximum absolute atomic E-state index is 12.1. The molecule has 0 fully saturated rings. The third kappa shape index (κ3) is 7.13. The molecule has 142 valence electrons. The summed E-state index contributed by atoms with van der Waals surface area (Å²) in [6.07, 6.45) is 3.88. The van der Waals surface area contributed by atoms with E-state index in [1.54, 1.807) is 11.7 Å². The maximum Gasteiger partial charge on any atom is 0.240 e. The smallest absolute Gasteiger partial charge is 0.240 e. The van der Waals surface area contributed by atoms with Crippen LogP contribution in [0.3, 0.4) is 0 Å². The summed E-state index contributed by atoms with van der Waals surface area (Å²) in [5.41, 5.74) is 0.883. The fourth-order valence-corrected chi connectivity index (χ4v) is 2.53. The number of rotatable bonds is 6. The number of hydrogen-bond acceptors (Lipinski definition) is 4. The van der Waals surface area contributed by atoms with Crippen molar-refractivity contribution in [2.45, 2.75) is 32.4 Å². The molecule has 0 aliphatic carbocycles. The second kappa shape index (κ2) is 8.84. The van der Waals surface area contributed by atoms with Crippen LogP contribution in [0.2, 0.25) is 0 Å². The van der Waals surface area contributed by atoms with Crippen LogP contribution in [-0.2, 0) is 11.8 Å². The zero-order valence-electron chi connectivity index (χ0n) is 16.8. The van der Waals surface area contributed by atoms with Crippen molar-refractivity contribution < 1.29 is 4.79 Å². The summed E-state index contributed by atoms with van der Waals surface area (Å²) in [6, 6.07) is 0.155. The number of nitrogens with zero attached hydrogens (tertiary/aromatic N) is 5. The maximum atomic E-state index is 12.1. The van der Waals surface area contributed by atoms with Gasteiger partial charge < -0.3 is 20.4 Å². The molecule has 0 saturated heterocycles. The number of carbonyl (C=O) groups excluding carboxylic acids is 1. The molecule has 8 nitrogen and oxygen atoms in total. The first-order chi connectivity index (χ1) is 11.5. The number of likely N-dealkylation sites (N-methyl/N-ethyl adjacent to an activating group) is 2. The lowest BCUT2D eigenvalue weighted by Gasteiger charge is -2.28. The van der Waals surface area contributed by atoms with E-state index in [1.807, 2.05) is 66.3 Å². The molecule has 0 bridgehead atoms. The summed E-state index contributed by atoms with van der Waals surface area (Å²) in [5.74, 6) is 0.647. The van der Waals surface area contributed by atoms with Crippen LogP contribution in [0.4, 0.5) is 0 Å². The highest BCUT2D eigenvalue weighted by atomic mass is 16.2. The van der Waals surface area contributed by atoms with Gasteiger partial charge >= 0.3 is 0 Å². The van der Waals surface area contributed by atoms with E-state index >= 15 is 0 Å². The molecular weight excluding hydrogens is 318 g/mol. The molecule has 0 aliphatic rings. The summed E-state index contributed by atoms with van der Waals surface area (Å²) < 4.78 is 1.80. The molecule has 0 aromatic carbocycles. The van der Waals surface area contributed by atoms with Crippen molar-refractivity contribution in [1.82, 2.24) is 30.2 Å². The Morgan fingerprint density at radius 1 is 1.36 bits per heavy atom. The lowest BCUT2D eigenvalue weighted by molar-refractivity contribution is -0.122. The lowest BCUT2D eigenvalue weighted by Crippen LogP contribution is -2.49. The number of hydrogen-bond donors (Lipinski definition) is 2. The van der Waals surface area contributed by atoms with Crippen LogP contribution in [0.15, 0.2) is 17.4 Å². The van der Waals surface area contributed by atoms with Gasteiger partial charge in [0.15, 0.2) is 5.96 Å². The minimum absolute atomic E-state index is 0.0330. The largest absolute Gasteiger partial charge is 0.354 e. The molecule has 1 rings (SSSR count). The van der Waals surface area contributed by atoms with Crippen molar-refractivity contribution in [3.63, 3.8) is 0 Å². The summed E-state index contributed by atoms with van der Waals surface area (Å²) in [4.78, 5) is 20.3. The predicted molar refractivity (Wildman–Crippen MR) is 102 cm³/mol. The van der Waals surface area contributed by atoms with Gasteiger partial charge in [-0.3, -0.25) is 14.5 Å². The number of aromatic nitrogens is 2. The molecule has 1 unspecified atom stereocenters. The summed E-state index contributed by atoms with van der Waals surface area (Å²) in [6.45, 7) is 6.81. The van der Waals surface area contributed by atoms with Gasteiger partial charge in [0.05, 0.1) is 18.8 Å². The van der Waals surface area contributed by atoms with E-state index in [0.29, 0.717) is 12.5 Å². The zero-order valence-corrected chi connectivity index (χ0v) is 16.8. The number of guanidine groups is 1. The number of amides is 1. The van der Waals surface area contributed by atoms with Crippen LogP contribution in [0.25, 0.3) is 0 Å². The molecule has 8 heteroatoms. The molecule has 0 aliphatic heterocycles. The SMILES string of the molecule is CN=C(NCC(c1cnn(C)c1)N(C)C)N(C)CC(=O)NC(C)(C)C. The molecule has 2 N–H and O–H groups in total. The molecule has 0 radical (unpaired) electrons. The Balaban J connectivity index is 2.66. The Kier molecular flexibility index (Phi) is 7.41. The fraction of sp³-hybridized carbons (Fsp3) is 0.706. The van der Waals surface area contributed by atoms with E-state index in [9.17, 15) is 4.79 Å². The fourth-order valence-electron chi connectivity index (χ4n) is 2.53. The van der Waals surface area contributed by atoms with E-state index in [-0.39, 0.29) is 24.0 Å². The highest BCUT2D eigenvalue weighted by Crippen LogP contribution is 2.16. The van der Waals surface area contributed by atoms with Crippen LogP contribution in [0.1, 0.15) is 32.4 Å². The normalized spacial score (nSPS) is 13.7. The van der Waals surface area contributed by atoms with Crippen LogP contribution < -0.4 is 10.6 Å². The molecule has 1 aromatic rings. The second-order valence-corrected chi connectivity index (χ2v) is 7.51. The van der Waals surface area contributed by atoms with E-state index in [0.717, 1.165) is 5.56 Å². The van der Waals surface area contributed by atoms with Gasteiger partial charge in [0.25, 0.3) is 0 Å². The van der Waals surface area contributed by atoms with Gasteiger partial charge in [-0.1, -0.05) is 0 Å². The number of carbonyl (C=O) groups is 1. The average Bonchev–Trinajstić information content (AvgIpc) is 2.87. The second-order valence-electron chi connectivity index (χ2n) is 7.51. The number of aryl methyl sites for hydroxylation is 1. The highest BCUT2D eigenvalue weighted by molar-refractivity contribution is 5.86. The topological polar surface area (TPSA) is 77.8 Å². The minimum atomic E-state index is -0.245. The Hall–Kier alpha value is -2.09. The van der Waals surface area contributed by atoms with Crippen molar-refractivity contribution in [1.29, 1.82) is 0 Å². The average molecular weight is 351 g/mol. The molecule has 0 saturated carbocycles. The Morgan fingerprint density at radius 2 is 2.00 bits per heavy atom. The van der Waals surface area contributed by atoms with Crippen molar-refractivity contribution >= 4 is 11.9 Å². The summed E-state index contributed by atoms with van der Waals surface area (Å²) >= 11 is 0. The first kappa shape index (κ1) is 21.0. The molecule has 0 spiro atoms. The van der Waals surface area contributed by atoms with Crippen LogP contribution in [0.5, 0.6) is 0 Å². The molecule has 1 atom stereocenters. The third-order valence-electron chi connectivity index (χ3n) is 3.66. The van der Waals surface area contributed by atoms with Gasteiger partial charge in [0.2, 0.25) is 5.91 Å². The molecule has 25 heavy (non-hydrogen) atoms. The van der Waals surface area contributed by atoms with Crippen LogP contribution in [0, 0.1) is 0 Å². The molecule has 1 heterocycles. The quantitative estimate of drug-likeness (QED) is 0.575. The molecular formula is C17H33N7O. The van der Waals surface area contributed by atoms with E-state index in [2.05, 4.69) is 25.6 Å². The van der Waals surface area contributed by atoms with Crippen LogP contribution in [-0.4, -0.2) is 78.3 Å². The number of aliphatic imine (C=N–C) groups is 1. The predicted octanol–water partition coefficient (Wildman–Crippen LogP) is 0.445. The minimum Gasteiger partial charge on any atom is -0.354 e. The van der Waals surface area contributed by atoms with Gasteiger partial charge in [0, 0.05) is 45.0 Å². The first-order valence-electron chi connectivity index (χ1n) is 8.41. The van der Waals surface area contributed by atoms with E-state index < -0.39 is 0 Å². The van der Waals surface area contributed by atoms with Gasteiger partial charge in [-0.15, -0.1) is 0 Å². The van der Waals surface area contributed by atoms with Gasteiger partial charge in [-0.2, -0.15) is 5.10 Å². The van der Waals surface area contributed by atoms with Crippen molar-refractivity contribution in [2.75, 3.05) is 41.3 Å². The van der Waals surface area contributed by atoms with Gasteiger partial charge in [-0.25, -0.2) is 0 Å². The van der Waals surface area contributed by atoms with E-state index in [4.69, 9.17) is 0 Å². The first-order valence-corrected chi connectivity index (χ1v) is 8.41. The monoisotopic (exact) mass is 351 g/mol. The Labute approximate surface area is 151 Å². The zero-order chi connectivity index (χ0) is 19.2. The van der Waals surface area contributed by atoms with Crippen LogP contribution >= 0.6 is 0 Å². The highest BCUT2D eigenvalue weighted by Gasteiger charge is 2.19. The van der Waals surface area contributed by atoms with Gasteiger partial charge in [-0.05, 0) is 34.9 Å². The standard InChI is InChI=1S/C17H33N7O/c1-17(2,3)21-15(25)12-23(7)16(18-4)19-10-14(22(5)6)13-9-20-24(8)11-13/h9,11,14H,10,12H2,1-8H3,(H,18,19)(H,21,25). The number of nitrogens with one attached hydrogen (secondary N) is 2. The third-order valence-corrected chi connectivity index (χ3v) is 3.66. The van der Waals surface area contributed by atoms with Crippen molar-refractivity contribution in [3.8, 4) is 0 Å². The van der Waals surface area contributed by atoms with Crippen molar-refractivity contribution in [3.05, 3.63) is 18.0 Å².